The molecule has 0 aliphatic heterocycles. The molecule has 0 aliphatic rings. The second-order valence-electron chi connectivity index (χ2n) is 5.51. The first-order valence-electron chi connectivity index (χ1n) is 7.62. The lowest BCUT2D eigenvalue weighted by Crippen LogP contribution is -2.29. The van der Waals surface area contributed by atoms with Crippen molar-refractivity contribution in [3.63, 3.8) is 0 Å². The van der Waals surface area contributed by atoms with Crippen LogP contribution in [0.3, 0.4) is 0 Å². The average Bonchev–Trinajstić information content (AvgIpc) is 3.15. The maximum absolute atomic E-state index is 13.5. The summed E-state index contributed by atoms with van der Waals surface area (Å²) >= 11 is 0. The number of nitrogens with one attached hydrogen (secondary N) is 1. The van der Waals surface area contributed by atoms with Crippen LogP contribution in [0.2, 0.25) is 0 Å². The molecule has 11 heteroatoms. The third kappa shape index (κ3) is 4.07. The first-order valence-corrected chi connectivity index (χ1v) is 7.62. The highest BCUT2D eigenvalue weighted by molar-refractivity contribution is 5.94. The van der Waals surface area contributed by atoms with E-state index in [9.17, 15) is 22.4 Å². The van der Waals surface area contributed by atoms with Gasteiger partial charge in [0.1, 0.15) is 11.5 Å². The minimum absolute atomic E-state index is 0.241. The van der Waals surface area contributed by atoms with Crippen LogP contribution in [0.15, 0.2) is 43.0 Å². The Morgan fingerprint density at radius 1 is 1.07 bits per heavy atom. The molecule has 1 N–H and O–H groups in total. The summed E-state index contributed by atoms with van der Waals surface area (Å²) in [7, 11) is 0. The Morgan fingerprint density at radius 3 is 2.41 bits per heavy atom. The fraction of sp³-hybridized carbons (Fsp3) is 0.188. The molecule has 1 unspecified atom stereocenters. The quantitative estimate of drug-likeness (QED) is 0.704. The zero-order valence-corrected chi connectivity index (χ0v) is 13.8. The van der Waals surface area contributed by atoms with Crippen molar-refractivity contribution in [3.8, 4) is 5.82 Å². The summed E-state index contributed by atoms with van der Waals surface area (Å²) in [6.07, 6.45) is 0.862. The van der Waals surface area contributed by atoms with Crippen molar-refractivity contribution in [2.45, 2.75) is 19.1 Å². The van der Waals surface area contributed by atoms with Crippen LogP contribution < -0.4 is 5.32 Å². The van der Waals surface area contributed by atoms with E-state index in [2.05, 4.69) is 25.5 Å². The van der Waals surface area contributed by atoms with Gasteiger partial charge in [-0.1, -0.05) is 0 Å². The van der Waals surface area contributed by atoms with E-state index in [1.54, 1.807) is 6.92 Å². The van der Waals surface area contributed by atoms with Crippen LogP contribution in [0.5, 0.6) is 0 Å². The van der Waals surface area contributed by atoms with Crippen LogP contribution in [0.25, 0.3) is 5.82 Å². The predicted molar refractivity (Wildman–Crippen MR) is 84.2 cm³/mol. The SMILES string of the molecule is CC(NC(=O)c1cc(F)cc(C(F)(F)F)c1)c1nccnc1-n1nccn1. The molecule has 0 bridgehead atoms. The fourth-order valence-electron chi connectivity index (χ4n) is 2.36. The van der Waals surface area contributed by atoms with E-state index in [1.807, 2.05) is 0 Å². The Labute approximate surface area is 150 Å². The third-order valence-corrected chi connectivity index (χ3v) is 3.56. The van der Waals surface area contributed by atoms with Crippen LogP contribution in [0.1, 0.15) is 34.6 Å². The lowest BCUT2D eigenvalue weighted by atomic mass is 10.1. The number of carbonyl (C=O) groups is 1. The molecule has 0 spiro atoms. The number of amides is 1. The number of aromatic nitrogens is 5. The number of halogens is 4. The molecule has 2 heterocycles. The van der Waals surface area contributed by atoms with Crippen LogP contribution in [-0.2, 0) is 6.18 Å². The Bertz CT molecular complexity index is 958. The maximum Gasteiger partial charge on any atom is 0.416 e. The van der Waals surface area contributed by atoms with Gasteiger partial charge in [0.2, 0.25) is 0 Å². The van der Waals surface area contributed by atoms with E-state index < -0.39 is 35.1 Å². The van der Waals surface area contributed by atoms with Crippen molar-refractivity contribution >= 4 is 5.91 Å². The van der Waals surface area contributed by atoms with E-state index in [1.165, 1.54) is 29.6 Å². The van der Waals surface area contributed by atoms with Crippen molar-refractivity contribution in [2.75, 3.05) is 0 Å². The van der Waals surface area contributed by atoms with Gasteiger partial charge in [0.15, 0.2) is 5.82 Å². The summed E-state index contributed by atoms with van der Waals surface area (Å²) in [5, 5.41) is 10.3. The van der Waals surface area contributed by atoms with Crippen molar-refractivity contribution < 1.29 is 22.4 Å². The van der Waals surface area contributed by atoms with Gasteiger partial charge < -0.3 is 5.32 Å². The zero-order valence-electron chi connectivity index (χ0n) is 13.8. The molecule has 2 aromatic heterocycles. The molecule has 0 radical (unpaired) electrons. The van der Waals surface area contributed by atoms with Gasteiger partial charge in [0, 0.05) is 18.0 Å². The summed E-state index contributed by atoms with van der Waals surface area (Å²) in [5.74, 6) is -1.81. The molecule has 1 amide bonds. The minimum Gasteiger partial charge on any atom is -0.344 e. The fourth-order valence-corrected chi connectivity index (χ4v) is 2.36. The van der Waals surface area contributed by atoms with E-state index in [-0.39, 0.29) is 11.5 Å². The van der Waals surface area contributed by atoms with Crippen molar-refractivity contribution in [1.29, 1.82) is 0 Å². The summed E-state index contributed by atoms with van der Waals surface area (Å²) in [4.78, 5) is 21.7. The summed E-state index contributed by atoms with van der Waals surface area (Å²) in [5.41, 5.74) is -1.42. The van der Waals surface area contributed by atoms with E-state index in [4.69, 9.17) is 0 Å². The summed E-state index contributed by atoms with van der Waals surface area (Å²) < 4.78 is 52.0. The number of rotatable bonds is 4. The summed E-state index contributed by atoms with van der Waals surface area (Å²) in [6.45, 7) is 1.55. The lowest BCUT2D eigenvalue weighted by molar-refractivity contribution is -0.137. The molecule has 1 aromatic carbocycles. The number of benzene rings is 1. The normalized spacial score (nSPS) is 12.6. The Kier molecular flexibility index (Phi) is 4.84. The molecule has 1 atom stereocenters. The van der Waals surface area contributed by atoms with Gasteiger partial charge in [-0.15, -0.1) is 4.80 Å². The topological polar surface area (TPSA) is 85.6 Å². The Morgan fingerprint density at radius 2 is 1.74 bits per heavy atom. The number of hydrogen-bond acceptors (Lipinski definition) is 5. The molecular formula is C16H12F4N6O. The van der Waals surface area contributed by atoms with Crippen LogP contribution in [0, 0.1) is 5.82 Å². The highest BCUT2D eigenvalue weighted by Crippen LogP contribution is 2.30. The standard InChI is InChI=1S/C16H12F4N6O/c1-9(13-14(22-3-2-21-13)26-23-4-5-24-26)25-15(27)10-6-11(16(18,19)20)8-12(17)7-10/h2-9H,1H3,(H,25,27). The van der Waals surface area contributed by atoms with Gasteiger partial charge in [0.05, 0.1) is 24.0 Å². The molecule has 0 fully saturated rings. The molecule has 0 saturated carbocycles. The Balaban J connectivity index is 1.87. The van der Waals surface area contributed by atoms with E-state index >= 15 is 0 Å². The second kappa shape index (κ2) is 7.09. The van der Waals surface area contributed by atoms with Gasteiger partial charge in [0.25, 0.3) is 5.91 Å². The van der Waals surface area contributed by atoms with Crippen LogP contribution in [-0.4, -0.2) is 30.9 Å². The molecule has 140 valence electrons. The third-order valence-electron chi connectivity index (χ3n) is 3.56. The van der Waals surface area contributed by atoms with Gasteiger partial charge in [-0.25, -0.2) is 9.37 Å². The largest absolute Gasteiger partial charge is 0.416 e. The predicted octanol–water partition coefficient (Wildman–Crippen LogP) is 2.71. The molecule has 3 rings (SSSR count). The maximum atomic E-state index is 13.5. The molecule has 7 nitrogen and oxygen atoms in total. The molecule has 3 aromatic rings. The summed E-state index contributed by atoms with van der Waals surface area (Å²) in [6, 6.07) is 0.872. The number of carbonyl (C=O) groups excluding carboxylic acids is 1. The number of nitrogens with zero attached hydrogens (tertiary/aromatic N) is 5. The number of hydrogen-bond donors (Lipinski definition) is 1. The van der Waals surface area contributed by atoms with E-state index in [0.717, 1.165) is 6.07 Å². The molecule has 0 saturated heterocycles. The molecule has 0 aliphatic carbocycles. The van der Waals surface area contributed by atoms with Crippen molar-refractivity contribution in [2.24, 2.45) is 0 Å². The monoisotopic (exact) mass is 380 g/mol. The lowest BCUT2D eigenvalue weighted by Gasteiger charge is -2.16. The van der Waals surface area contributed by atoms with Gasteiger partial charge in [-0.05, 0) is 25.1 Å². The average molecular weight is 380 g/mol. The van der Waals surface area contributed by atoms with Crippen LogP contribution >= 0.6 is 0 Å². The number of alkyl halides is 3. The molecular weight excluding hydrogens is 368 g/mol. The van der Waals surface area contributed by atoms with Crippen molar-refractivity contribution in [1.82, 2.24) is 30.3 Å². The first kappa shape index (κ1) is 18.4. The highest BCUT2D eigenvalue weighted by atomic mass is 19.4. The van der Waals surface area contributed by atoms with Gasteiger partial charge in [-0.2, -0.15) is 23.4 Å². The van der Waals surface area contributed by atoms with Crippen molar-refractivity contribution in [3.05, 3.63) is 65.6 Å². The van der Waals surface area contributed by atoms with Crippen LogP contribution in [0.4, 0.5) is 17.6 Å². The van der Waals surface area contributed by atoms with E-state index in [0.29, 0.717) is 12.1 Å². The Hall–Kier alpha value is -3.37. The van der Waals surface area contributed by atoms with Gasteiger partial charge in [-0.3, -0.25) is 9.78 Å². The van der Waals surface area contributed by atoms with Gasteiger partial charge >= 0.3 is 6.18 Å². The first-order chi connectivity index (χ1) is 12.8. The highest BCUT2D eigenvalue weighted by Gasteiger charge is 2.32. The second-order valence-corrected chi connectivity index (χ2v) is 5.51. The minimum atomic E-state index is -4.77. The zero-order chi connectivity index (χ0) is 19.6. The molecule has 27 heavy (non-hydrogen) atoms. The smallest absolute Gasteiger partial charge is 0.344 e.